The van der Waals surface area contributed by atoms with Crippen molar-refractivity contribution in [2.24, 2.45) is 5.73 Å². The minimum Gasteiger partial charge on any atom is -0.319 e. The summed E-state index contributed by atoms with van der Waals surface area (Å²) in [4.78, 5) is 0. The number of rotatable bonds is 2. The third-order valence-corrected chi connectivity index (χ3v) is 3.00. The highest BCUT2D eigenvalue weighted by Gasteiger charge is 2.35. The fourth-order valence-corrected chi connectivity index (χ4v) is 2.04. The molecule has 1 aliphatic heterocycles. The quantitative estimate of drug-likeness (QED) is 0.743. The van der Waals surface area contributed by atoms with Gasteiger partial charge in [-0.1, -0.05) is 38.1 Å². The molecule has 0 aliphatic carbocycles. The average Bonchev–Trinajstić information content (AvgIpc) is 2.14. The van der Waals surface area contributed by atoms with Gasteiger partial charge in [-0.15, -0.1) is 0 Å². The lowest BCUT2D eigenvalue weighted by molar-refractivity contribution is 0.284. The first-order valence-electron chi connectivity index (χ1n) is 5.22. The Bertz CT molecular complexity index is 327. The fraction of sp³-hybridized carbons (Fsp3) is 0.500. The normalized spacial score (nSPS) is 19.4. The van der Waals surface area contributed by atoms with Crippen LogP contribution in [0, 0.1) is 0 Å². The molecule has 1 heterocycles. The summed E-state index contributed by atoms with van der Waals surface area (Å²) in [6.07, 6.45) is 0. The summed E-state index contributed by atoms with van der Waals surface area (Å²) in [5.74, 6) is 0.548. The lowest BCUT2D eigenvalue weighted by Gasteiger charge is -2.41. The number of hydrogen-bond acceptors (Lipinski definition) is 2. The van der Waals surface area contributed by atoms with Gasteiger partial charge >= 0.3 is 0 Å². The van der Waals surface area contributed by atoms with E-state index in [4.69, 9.17) is 5.73 Å². The smallest absolute Gasteiger partial charge is 0.0665 e. The highest BCUT2D eigenvalue weighted by Crippen LogP contribution is 2.29. The maximum absolute atomic E-state index is 6.30. The second kappa shape index (κ2) is 3.37. The van der Waals surface area contributed by atoms with Crippen molar-refractivity contribution >= 4 is 0 Å². The Morgan fingerprint density at radius 3 is 2.43 bits per heavy atom. The number of hydrogen-bond donors (Lipinski definition) is 2. The minimum atomic E-state index is -0.124. The van der Waals surface area contributed by atoms with Crippen molar-refractivity contribution in [2.75, 3.05) is 13.1 Å². The van der Waals surface area contributed by atoms with Gasteiger partial charge in [-0.2, -0.15) is 0 Å². The number of nitrogens with one attached hydrogen (secondary N) is 1. The van der Waals surface area contributed by atoms with Gasteiger partial charge in [-0.25, -0.2) is 0 Å². The van der Waals surface area contributed by atoms with Gasteiger partial charge in [0.15, 0.2) is 0 Å². The highest BCUT2D eigenvalue weighted by atomic mass is 15.1. The van der Waals surface area contributed by atoms with Crippen LogP contribution in [-0.4, -0.2) is 13.1 Å². The Morgan fingerprint density at radius 2 is 1.93 bits per heavy atom. The van der Waals surface area contributed by atoms with Gasteiger partial charge in [-0.05, 0) is 17.0 Å². The summed E-state index contributed by atoms with van der Waals surface area (Å²) in [7, 11) is 0. The van der Waals surface area contributed by atoms with Crippen molar-refractivity contribution in [3.05, 3.63) is 35.4 Å². The zero-order valence-corrected chi connectivity index (χ0v) is 8.88. The topological polar surface area (TPSA) is 38.0 Å². The second-order valence-corrected chi connectivity index (χ2v) is 4.50. The molecule has 14 heavy (non-hydrogen) atoms. The van der Waals surface area contributed by atoms with Gasteiger partial charge in [-0.3, -0.25) is 0 Å². The monoisotopic (exact) mass is 190 g/mol. The molecule has 2 rings (SSSR count). The largest absolute Gasteiger partial charge is 0.319 e. The van der Waals surface area contributed by atoms with Gasteiger partial charge < -0.3 is 11.1 Å². The van der Waals surface area contributed by atoms with Crippen molar-refractivity contribution in [3.63, 3.8) is 0 Å². The summed E-state index contributed by atoms with van der Waals surface area (Å²) < 4.78 is 0. The Kier molecular flexibility index (Phi) is 2.33. The molecule has 0 radical (unpaired) electrons. The molecule has 2 heteroatoms. The predicted molar refractivity (Wildman–Crippen MR) is 59.3 cm³/mol. The molecule has 1 aromatic carbocycles. The van der Waals surface area contributed by atoms with Gasteiger partial charge in [0.2, 0.25) is 0 Å². The molecule has 3 N–H and O–H groups in total. The van der Waals surface area contributed by atoms with E-state index in [1.54, 1.807) is 0 Å². The molecule has 1 aromatic rings. The first kappa shape index (κ1) is 9.69. The van der Waals surface area contributed by atoms with Crippen LogP contribution in [0.15, 0.2) is 24.3 Å². The third kappa shape index (κ3) is 1.45. The van der Waals surface area contributed by atoms with E-state index in [9.17, 15) is 0 Å². The molecule has 76 valence electrons. The van der Waals surface area contributed by atoms with Crippen molar-refractivity contribution < 1.29 is 0 Å². The molecule has 0 unspecified atom stereocenters. The fourth-order valence-electron chi connectivity index (χ4n) is 2.04. The number of nitrogens with two attached hydrogens (primary N) is 1. The van der Waals surface area contributed by atoms with E-state index in [0.717, 1.165) is 13.1 Å². The van der Waals surface area contributed by atoms with Crippen molar-refractivity contribution in [3.8, 4) is 0 Å². The van der Waals surface area contributed by atoms with Gasteiger partial charge in [0.05, 0.1) is 5.54 Å². The van der Waals surface area contributed by atoms with Crippen molar-refractivity contribution in [1.29, 1.82) is 0 Å². The van der Waals surface area contributed by atoms with E-state index < -0.39 is 0 Å². The standard InChI is InChI=1S/C12H18N2/c1-9(2)10-5-3-4-6-11(10)12(13)7-14-8-12/h3-6,9,14H,7-8,13H2,1-2H3. The summed E-state index contributed by atoms with van der Waals surface area (Å²) >= 11 is 0. The van der Waals surface area contributed by atoms with E-state index in [2.05, 4.69) is 43.4 Å². The Morgan fingerprint density at radius 1 is 1.29 bits per heavy atom. The number of benzene rings is 1. The molecule has 1 aliphatic rings. The maximum atomic E-state index is 6.30. The summed E-state index contributed by atoms with van der Waals surface area (Å²) in [6, 6.07) is 8.52. The Labute approximate surface area is 85.5 Å². The first-order chi connectivity index (χ1) is 6.63. The van der Waals surface area contributed by atoms with Gasteiger partial charge in [0, 0.05) is 13.1 Å². The molecule has 0 saturated carbocycles. The van der Waals surface area contributed by atoms with Crippen LogP contribution in [0.1, 0.15) is 30.9 Å². The van der Waals surface area contributed by atoms with E-state index in [0.29, 0.717) is 5.92 Å². The molecule has 0 amide bonds. The molecule has 0 spiro atoms. The maximum Gasteiger partial charge on any atom is 0.0665 e. The van der Waals surface area contributed by atoms with E-state index >= 15 is 0 Å². The average molecular weight is 190 g/mol. The van der Waals surface area contributed by atoms with Crippen LogP contribution < -0.4 is 11.1 Å². The zero-order valence-electron chi connectivity index (χ0n) is 8.88. The molecule has 1 saturated heterocycles. The third-order valence-electron chi connectivity index (χ3n) is 3.00. The SMILES string of the molecule is CC(C)c1ccccc1C1(N)CNC1. The predicted octanol–water partition coefficient (Wildman–Crippen LogP) is 1.57. The van der Waals surface area contributed by atoms with Crippen LogP contribution in [0.5, 0.6) is 0 Å². The van der Waals surface area contributed by atoms with Crippen LogP contribution in [0.3, 0.4) is 0 Å². The highest BCUT2D eigenvalue weighted by molar-refractivity contribution is 5.38. The molecular weight excluding hydrogens is 172 g/mol. The van der Waals surface area contributed by atoms with Crippen molar-refractivity contribution in [1.82, 2.24) is 5.32 Å². The summed E-state index contributed by atoms with van der Waals surface area (Å²) in [6.45, 7) is 6.23. The second-order valence-electron chi connectivity index (χ2n) is 4.50. The van der Waals surface area contributed by atoms with Crippen LogP contribution in [-0.2, 0) is 5.54 Å². The van der Waals surface area contributed by atoms with Crippen LogP contribution in [0.4, 0.5) is 0 Å². The molecular formula is C12H18N2. The van der Waals surface area contributed by atoms with E-state index in [1.807, 2.05) is 0 Å². The Hall–Kier alpha value is -0.860. The lowest BCUT2D eigenvalue weighted by Crippen LogP contribution is -2.63. The minimum absolute atomic E-state index is 0.124. The van der Waals surface area contributed by atoms with Crippen molar-refractivity contribution in [2.45, 2.75) is 25.3 Å². The molecule has 1 fully saturated rings. The molecule has 0 bridgehead atoms. The van der Waals surface area contributed by atoms with Crippen LogP contribution in [0.2, 0.25) is 0 Å². The lowest BCUT2D eigenvalue weighted by atomic mass is 9.80. The first-order valence-corrected chi connectivity index (χ1v) is 5.22. The Balaban J connectivity index is 2.41. The van der Waals surface area contributed by atoms with Gasteiger partial charge in [0.1, 0.15) is 0 Å². The zero-order chi connectivity index (χ0) is 10.2. The molecule has 0 atom stereocenters. The summed E-state index contributed by atoms with van der Waals surface area (Å²) in [5.41, 5.74) is 8.88. The van der Waals surface area contributed by atoms with Gasteiger partial charge in [0.25, 0.3) is 0 Å². The summed E-state index contributed by atoms with van der Waals surface area (Å²) in [5, 5.41) is 3.24. The van der Waals surface area contributed by atoms with E-state index in [-0.39, 0.29) is 5.54 Å². The van der Waals surface area contributed by atoms with Crippen LogP contribution in [0.25, 0.3) is 0 Å². The molecule has 2 nitrogen and oxygen atoms in total. The molecule has 0 aromatic heterocycles. The van der Waals surface area contributed by atoms with Crippen LogP contribution >= 0.6 is 0 Å². The van der Waals surface area contributed by atoms with E-state index in [1.165, 1.54) is 11.1 Å².